The molecule has 1 atom stereocenters. The number of hydrogen-bond acceptors (Lipinski definition) is 4. The Labute approximate surface area is 108 Å². The molecule has 0 saturated carbocycles. The SMILES string of the molecule is O=C(N[C@H]1CCNC1)c1cc([N+](=O)[O-])ccc1Cl. The van der Waals surface area contributed by atoms with Gasteiger partial charge in [-0.05, 0) is 19.0 Å². The molecule has 0 unspecified atom stereocenters. The van der Waals surface area contributed by atoms with Gasteiger partial charge >= 0.3 is 0 Å². The molecule has 0 aliphatic carbocycles. The number of nitrogens with one attached hydrogen (secondary N) is 2. The van der Waals surface area contributed by atoms with Gasteiger partial charge in [0.2, 0.25) is 0 Å². The molecule has 18 heavy (non-hydrogen) atoms. The first-order valence-corrected chi connectivity index (χ1v) is 5.91. The van der Waals surface area contributed by atoms with Crippen LogP contribution in [0.5, 0.6) is 0 Å². The second-order valence-electron chi connectivity index (χ2n) is 4.08. The van der Waals surface area contributed by atoms with Crippen LogP contribution < -0.4 is 10.6 Å². The van der Waals surface area contributed by atoms with Crippen LogP contribution in [0.25, 0.3) is 0 Å². The third-order valence-corrected chi connectivity index (χ3v) is 3.13. The Kier molecular flexibility index (Phi) is 3.78. The van der Waals surface area contributed by atoms with Crippen LogP contribution in [-0.2, 0) is 0 Å². The highest BCUT2D eigenvalue weighted by Crippen LogP contribution is 2.22. The molecule has 1 aliphatic rings. The summed E-state index contributed by atoms with van der Waals surface area (Å²) in [5.74, 6) is -0.377. The molecular formula is C11H12ClN3O3. The van der Waals surface area contributed by atoms with E-state index >= 15 is 0 Å². The Morgan fingerprint density at radius 1 is 1.56 bits per heavy atom. The van der Waals surface area contributed by atoms with E-state index in [0.717, 1.165) is 13.0 Å². The largest absolute Gasteiger partial charge is 0.348 e. The molecule has 2 rings (SSSR count). The summed E-state index contributed by atoms with van der Waals surface area (Å²) in [5.41, 5.74) is -0.00753. The molecule has 0 spiro atoms. The number of amides is 1. The number of nitro benzene ring substituents is 1. The van der Waals surface area contributed by atoms with Crippen molar-refractivity contribution >= 4 is 23.2 Å². The molecule has 96 valence electrons. The van der Waals surface area contributed by atoms with Crippen LogP contribution in [0.1, 0.15) is 16.8 Å². The third kappa shape index (κ3) is 2.77. The number of non-ortho nitro benzene ring substituents is 1. The molecule has 1 aromatic rings. The number of hydrogen-bond donors (Lipinski definition) is 2. The number of halogens is 1. The van der Waals surface area contributed by atoms with E-state index in [1.165, 1.54) is 18.2 Å². The lowest BCUT2D eigenvalue weighted by Gasteiger charge is -2.11. The van der Waals surface area contributed by atoms with Gasteiger partial charge in [-0.3, -0.25) is 14.9 Å². The Morgan fingerprint density at radius 3 is 2.94 bits per heavy atom. The molecule has 1 heterocycles. The van der Waals surface area contributed by atoms with Gasteiger partial charge in [0.25, 0.3) is 11.6 Å². The van der Waals surface area contributed by atoms with E-state index in [0.29, 0.717) is 6.54 Å². The lowest BCUT2D eigenvalue weighted by Crippen LogP contribution is -2.36. The van der Waals surface area contributed by atoms with Crippen LogP contribution in [0.2, 0.25) is 5.02 Å². The smallest absolute Gasteiger partial charge is 0.270 e. The zero-order valence-corrected chi connectivity index (χ0v) is 10.2. The predicted octanol–water partition coefficient (Wildman–Crippen LogP) is 1.34. The monoisotopic (exact) mass is 269 g/mol. The van der Waals surface area contributed by atoms with E-state index in [1.54, 1.807) is 0 Å². The fraction of sp³-hybridized carbons (Fsp3) is 0.364. The standard InChI is InChI=1S/C11H12ClN3O3/c12-10-2-1-8(15(17)18)5-9(10)11(16)14-7-3-4-13-6-7/h1-2,5,7,13H,3-4,6H2,(H,14,16)/t7-/m0/s1. The van der Waals surface area contributed by atoms with Crippen molar-refractivity contribution in [1.29, 1.82) is 0 Å². The molecule has 1 fully saturated rings. The Balaban J connectivity index is 2.17. The maximum absolute atomic E-state index is 12.0. The normalized spacial score (nSPS) is 18.6. The highest BCUT2D eigenvalue weighted by Gasteiger charge is 2.20. The first-order chi connectivity index (χ1) is 8.58. The zero-order chi connectivity index (χ0) is 13.1. The molecule has 1 aromatic carbocycles. The summed E-state index contributed by atoms with van der Waals surface area (Å²) in [6.07, 6.45) is 0.846. The van der Waals surface area contributed by atoms with Gasteiger partial charge in [0.15, 0.2) is 0 Å². The van der Waals surface area contributed by atoms with E-state index in [9.17, 15) is 14.9 Å². The second-order valence-corrected chi connectivity index (χ2v) is 4.49. The number of rotatable bonds is 3. The molecule has 2 N–H and O–H groups in total. The summed E-state index contributed by atoms with van der Waals surface area (Å²) in [4.78, 5) is 22.1. The van der Waals surface area contributed by atoms with Gasteiger partial charge in [0.1, 0.15) is 0 Å². The summed E-state index contributed by atoms with van der Waals surface area (Å²) in [6, 6.07) is 3.88. The third-order valence-electron chi connectivity index (χ3n) is 2.80. The minimum absolute atomic E-state index is 0.0489. The fourth-order valence-electron chi connectivity index (χ4n) is 1.84. The van der Waals surface area contributed by atoms with Crippen LogP contribution in [0.15, 0.2) is 18.2 Å². The van der Waals surface area contributed by atoms with Gasteiger partial charge in [0.05, 0.1) is 15.5 Å². The van der Waals surface area contributed by atoms with E-state index in [-0.39, 0.29) is 28.2 Å². The molecule has 0 aromatic heterocycles. The quantitative estimate of drug-likeness (QED) is 0.641. The molecule has 0 radical (unpaired) electrons. The highest BCUT2D eigenvalue weighted by molar-refractivity contribution is 6.33. The summed E-state index contributed by atoms with van der Waals surface area (Å²) in [5, 5.41) is 16.8. The second kappa shape index (κ2) is 5.32. The van der Waals surface area contributed by atoms with Crippen molar-refractivity contribution < 1.29 is 9.72 Å². The van der Waals surface area contributed by atoms with Gasteiger partial charge in [-0.2, -0.15) is 0 Å². The number of benzene rings is 1. The summed E-state index contributed by atoms with van der Waals surface area (Å²) < 4.78 is 0. The topological polar surface area (TPSA) is 84.3 Å². The van der Waals surface area contributed by atoms with E-state index in [2.05, 4.69) is 10.6 Å². The van der Waals surface area contributed by atoms with Gasteiger partial charge in [-0.1, -0.05) is 11.6 Å². The Morgan fingerprint density at radius 2 is 2.33 bits per heavy atom. The first-order valence-electron chi connectivity index (χ1n) is 5.53. The van der Waals surface area contributed by atoms with Crippen molar-refractivity contribution in [3.63, 3.8) is 0 Å². The highest BCUT2D eigenvalue weighted by atomic mass is 35.5. The Hall–Kier alpha value is -1.66. The van der Waals surface area contributed by atoms with Gasteiger partial charge < -0.3 is 10.6 Å². The molecule has 7 heteroatoms. The molecular weight excluding hydrogens is 258 g/mol. The van der Waals surface area contributed by atoms with Crippen molar-refractivity contribution in [3.8, 4) is 0 Å². The summed E-state index contributed by atoms with van der Waals surface area (Å²) >= 11 is 5.88. The number of carbonyl (C=O) groups is 1. The minimum atomic E-state index is -0.551. The summed E-state index contributed by atoms with van der Waals surface area (Å²) in [6.45, 7) is 1.56. The van der Waals surface area contributed by atoms with Crippen LogP contribution in [0, 0.1) is 10.1 Å². The van der Waals surface area contributed by atoms with Crippen molar-refractivity contribution in [2.45, 2.75) is 12.5 Å². The van der Waals surface area contributed by atoms with E-state index in [1.807, 2.05) is 0 Å². The van der Waals surface area contributed by atoms with Gasteiger partial charge in [0, 0.05) is 24.7 Å². The first kappa shape index (κ1) is 12.8. The molecule has 1 aliphatic heterocycles. The van der Waals surface area contributed by atoms with Crippen LogP contribution in [-0.4, -0.2) is 30.0 Å². The molecule has 0 bridgehead atoms. The molecule has 1 amide bonds. The summed E-state index contributed by atoms with van der Waals surface area (Å²) in [7, 11) is 0. The van der Waals surface area contributed by atoms with Crippen molar-refractivity contribution in [2.24, 2.45) is 0 Å². The maximum atomic E-state index is 12.0. The average Bonchev–Trinajstić information content (AvgIpc) is 2.81. The number of nitro groups is 1. The van der Waals surface area contributed by atoms with Crippen LogP contribution in [0.3, 0.4) is 0 Å². The van der Waals surface area contributed by atoms with Crippen molar-refractivity contribution in [1.82, 2.24) is 10.6 Å². The zero-order valence-electron chi connectivity index (χ0n) is 9.48. The van der Waals surface area contributed by atoms with Crippen molar-refractivity contribution in [2.75, 3.05) is 13.1 Å². The van der Waals surface area contributed by atoms with Gasteiger partial charge in [-0.15, -0.1) is 0 Å². The van der Waals surface area contributed by atoms with Crippen LogP contribution in [0.4, 0.5) is 5.69 Å². The minimum Gasteiger partial charge on any atom is -0.348 e. The lowest BCUT2D eigenvalue weighted by atomic mass is 10.1. The molecule has 1 saturated heterocycles. The maximum Gasteiger partial charge on any atom is 0.270 e. The fourth-order valence-corrected chi connectivity index (χ4v) is 2.05. The van der Waals surface area contributed by atoms with Crippen LogP contribution >= 0.6 is 11.6 Å². The lowest BCUT2D eigenvalue weighted by molar-refractivity contribution is -0.384. The number of nitrogens with zero attached hydrogens (tertiary/aromatic N) is 1. The Bertz CT molecular complexity index is 486. The van der Waals surface area contributed by atoms with Gasteiger partial charge in [-0.25, -0.2) is 0 Å². The van der Waals surface area contributed by atoms with Crippen molar-refractivity contribution in [3.05, 3.63) is 38.9 Å². The number of carbonyl (C=O) groups excluding carboxylic acids is 1. The van der Waals surface area contributed by atoms with E-state index < -0.39 is 4.92 Å². The molecule has 6 nitrogen and oxygen atoms in total. The van der Waals surface area contributed by atoms with E-state index in [4.69, 9.17) is 11.6 Å². The predicted molar refractivity (Wildman–Crippen MR) is 66.8 cm³/mol. The average molecular weight is 270 g/mol.